The van der Waals surface area contributed by atoms with Crippen LogP contribution in [0.4, 0.5) is 0 Å². The lowest BCUT2D eigenvalue weighted by atomic mass is 9.81. The number of benzene rings is 4. The summed E-state index contributed by atoms with van der Waals surface area (Å²) >= 11 is 0. The van der Waals surface area contributed by atoms with Crippen LogP contribution in [0.25, 0.3) is 55.1 Å². The molecule has 1 atom stereocenters. The number of nitrogens with zero attached hydrogens (tertiary/aromatic N) is 4. The highest BCUT2D eigenvalue weighted by molar-refractivity contribution is 6.15. The predicted octanol–water partition coefficient (Wildman–Crippen LogP) is 6.49. The molecule has 0 aliphatic carbocycles. The summed E-state index contributed by atoms with van der Waals surface area (Å²) in [4.78, 5) is 0. The van der Waals surface area contributed by atoms with E-state index in [1.165, 1.54) is 60.4 Å². The summed E-state index contributed by atoms with van der Waals surface area (Å²) in [6.45, 7) is 0. The van der Waals surface area contributed by atoms with Gasteiger partial charge in [-0.3, -0.25) is 0 Å². The van der Waals surface area contributed by atoms with Crippen LogP contribution in [0.15, 0.2) is 122 Å². The smallest absolute Gasteiger partial charge is 0.377 e. The molecule has 0 amide bonds. The molecule has 40 heavy (non-hydrogen) atoms. The summed E-state index contributed by atoms with van der Waals surface area (Å²) in [6.07, 6.45) is 4.42. The van der Waals surface area contributed by atoms with Crippen molar-refractivity contribution in [2.24, 2.45) is 0 Å². The van der Waals surface area contributed by atoms with Crippen molar-refractivity contribution in [3.05, 3.63) is 133 Å². The molecule has 5 nitrogen and oxygen atoms in total. The molecule has 3 aliphatic heterocycles. The van der Waals surface area contributed by atoms with Gasteiger partial charge < -0.3 is 9.30 Å². The third-order valence-corrected chi connectivity index (χ3v) is 9.35. The maximum Gasteiger partial charge on any atom is 0.377 e. The Labute approximate surface area is 227 Å². The second-order valence-electron chi connectivity index (χ2n) is 11.0. The highest BCUT2D eigenvalue weighted by atomic mass is 16.5. The fraction of sp³-hybridized carbons (Fsp3) is 0.0286. The molecular weight excluding hydrogens is 492 g/mol. The zero-order valence-electron chi connectivity index (χ0n) is 21.2. The number of para-hydroxylation sites is 2. The molecule has 8 aromatic rings. The maximum absolute atomic E-state index is 6.72. The molecule has 7 heterocycles. The third kappa shape index (κ3) is 1.85. The molecule has 1 unspecified atom stereocenters. The van der Waals surface area contributed by atoms with Crippen LogP contribution in [0.5, 0.6) is 11.6 Å². The topological polar surface area (TPSA) is 26.8 Å². The van der Waals surface area contributed by atoms with E-state index in [1.54, 1.807) is 0 Å². The van der Waals surface area contributed by atoms with Crippen molar-refractivity contribution in [2.45, 2.75) is 5.66 Å². The Morgan fingerprint density at radius 3 is 2.00 bits per heavy atom. The molecule has 0 bridgehead atoms. The average Bonchev–Trinajstić information content (AvgIpc) is 3.53. The summed E-state index contributed by atoms with van der Waals surface area (Å²) in [5, 5.41) is 5.03. The van der Waals surface area contributed by atoms with Gasteiger partial charge in [0.05, 0.1) is 29.0 Å². The average molecular weight is 513 g/mol. The monoisotopic (exact) mass is 512 g/mol. The minimum absolute atomic E-state index is 0.677. The van der Waals surface area contributed by atoms with Gasteiger partial charge in [0.15, 0.2) is 17.5 Å². The zero-order valence-corrected chi connectivity index (χ0v) is 21.2. The van der Waals surface area contributed by atoms with E-state index < -0.39 is 5.66 Å². The minimum Gasteiger partial charge on any atom is -0.404 e. The van der Waals surface area contributed by atoms with Gasteiger partial charge in [0.2, 0.25) is 0 Å². The van der Waals surface area contributed by atoms with Crippen molar-refractivity contribution in [1.82, 2.24) is 9.13 Å². The molecule has 0 saturated heterocycles. The first-order valence-corrected chi connectivity index (χ1v) is 13.7. The number of ether oxygens (including phenoxy) is 1. The highest BCUT2D eigenvalue weighted by Crippen LogP contribution is 2.55. The minimum atomic E-state index is -0.677. The zero-order chi connectivity index (χ0) is 25.7. The second-order valence-corrected chi connectivity index (χ2v) is 11.0. The fourth-order valence-corrected chi connectivity index (χ4v) is 8.03. The Kier molecular flexibility index (Phi) is 3.06. The van der Waals surface area contributed by atoms with Gasteiger partial charge in [-0.25, -0.2) is 0 Å². The van der Waals surface area contributed by atoms with Crippen molar-refractivity contribution < 1.29 is 13.9 Å². The number of aromatic nitrogens is 4. The molecule has 0 radical (unpaired) electrons. The number of hydrogen-bond acceptors (Lipinski definition) is 1. The number of pyridine rings is 2. The molecule has 184 valence electrons. The van der Waals surface area contributed by atoms with E-state index >= 15 is 0 Å². The SMILES string of the molecule is c1cc[n+]2c(c1)Oc1ccc3c4ccccc4n4c3c1C21c2c-4ccc3c4ccccc4n(c23)-c2cccc[n+]21. The van der Waals surface area contributed by atoms with Gasteiger partial charge in [0.1, 0.15) is 16.6 Å². The molecule has 11 rings (SSSR count). The molecular formula is C35H20N4O+2. The summed E-state index contributed by atoms with van der Waals surface area (Å²) in [5.41, 5.74) is 7.87. The lowest BCUT2D eigenvalue weighted by molar-refractivity contribution is -0.971. The Hall–Kier alpha value is -5.42. The molecule has 3 aliphatic rings. The quantitative estimate of drug-likeness (QED) is 0.214. The predicted molar refractivity (Wildman–Crippen MR) is 154 cm³/mol. The Bertz CT molecular complexity index is 2480. The van der Waals surface area contributed by atoms with Crippen LogP contribution in [0, 0.1) is 0 Å². The number of rotatable bonds is 0. The van der Waals surface area contributed by atoms with Crippen LogP contribution in [0.3, 0.4) is 0 Å². The van der Waals surface area contributed by atoms with E-state index in [2.05, 4.69) is 140 Å². The summed E-state index contributed by atoms with van der Waals surface area (Å²) < 4.78 is 16.5. The van der Waals surface area contributed by atoms with Crippen molar-refractivity contribution in [3.63, 3.8) is 0 Å². The number of fused-ring (bicyclic) bond motifs is 10. The van der Waals surface area contributed by atoms with Crippen molar-refractivity contribution in [3.8, 4) is 23.1 Å². The van der Waals surface area contributed by atoms with Gasteiger partial charge >= 0.3 is 11.5 Å². The lowest BCUT2D eigenvalue weighted by Crippen LogP contribution is -2.78. The Morgan fingerprint density at radius 1 is 0.525 bits per heavy atom. The van der Waals surface area contributed by atoms with E-state index in [9.17, 15) is 0 Å². The van der Waals surface area contributed by atoms with Gasteiger partial charge in [0, 0.05) is 33.7 Å². The van der Waals surface area contributed by atoms with Crippen LogP contribution in [-0.2, 0) is 5.66 Å². The molecule has 4 aromatic heterocycles. The largest absolute Gasteiger partial charge is 0.404 e. The van der Waals surface area contributed by atoms with Crippen LogP contribution in [-0.4, -0.2) is 9.13 Å². The van der Waals surface area contributed by atoms with E-state index in [0.29, 0.717) is 0 Å². The van der Waals surface area contributed by atoms with Gasteiger partial charge in [-0.05, 0) is 54.6 Å². The van der Waals surface area contributed by atoms with E-state index in [1.807, 2.05) is 0 Å². The first-order chi connectivity index (χ1) is 19.9. The molecule has 1 spiro atoms. The summed E-state index contributed by atoms with van der Waals surface area (Å²) in [5.74, 6) is 2.86. The number of hydrogen-bond donors (Lipinski definition) is 0. The third-order valence-electron chi connectivity index (χ3n) is 9.35. The molecule has 0 saturated carbocycles. The van der Waals surface area contributed by atoms with Crippen molar-refractivity contribution in [2.75, 3.05) is 0 Å². The lowest BCUT2D eigenvalue weighted by Gasteiger charge is -2.39. The van der Waals surface area contributed by atoms with Crippen molar-refractivity contribution in [1.29, 1.82) is 0 Å². The molecule has 4 aromatic carbocycles. The van der Waals surface area contributed by atoms with Crippen LogP contribution in [0.1, 0.15) is 11.1 Å². The maximum atomic E-state index is 6.72. The van der Waals surface area contributed by atoms with Crippen molar-refractivity contribution >= 4 is 43.6 Å². The summed E-state index contributed by atoms with van der Waals surface area (Å²) in [6, 6.07) is 39.4. The molecule has 5 heteroatoms. The van der Waals surface area contributed by atoms with Gasteiger partial charge in [0.25, 0.3) is 5.82 Å². The van der Waals surface area contributed by atoms with Gasteiger partial charge in [-0.15, -0.1) is 4.57 Å². The standard InChI is InChI=1S/C35H20N4O/c1-3-11-25-21(9-1)24-16-18-28-32-34(24)38(25)27-17-15-23-22-10-2-4-12-26(22)39-29-13-5-7-19-36(29)35(32,31(27)33(23)39)37-20-8-6-14-30(37)40-28/h1-20H/q+2. The second kappa shape index (κ2) is 6.24. The normalized spacial score (nSPS) is 17.3. The van der Waals surface area contributed by atoms with Gasteiger partial charge in [-0.2, -0.15) is 9.13 Å². The highest BCUT2D eigenvalue weighted by Gasteiger charge is 2.66. The first kappa shape index (κ1) is 19.6. The summed E-state index contributed by atoms with van der Waals surface area (Å²) in [7, 11) is 0. The molecule has 0 fully saturated rings. The van der Waals surface area contributed by atoms with E-state index in [0.717, 1.165) is 17.4 Å². The molecule has 0 N–H and O–H groups in total. The first-order valence-electron chi connectivity index (χ1n) is 13.7. The van der Waals surface area contributed by atoms with E-state index in [4.69, 9.17) is 4.74 Å². The van der Waals surface area contributed by atoms with Crippen LogP contribution < -0.4 is 13.9 Å². The fourth-order valence-electron chi connectivity index (χ4n) is 8.03. The van der Waals surface area contributed by atoms with E-state index in [-0.39, 0.29) is 0 Å². The van der Waals surface area contributed by atoms with Crippen LogP contribution >= 0.6 is 0 Å². The van der Waals surface area contributed by atoms with Gasteiger partial charge in [-0.1, -0.05) is 36.4 Å². The van der Waals surface area contributed by atoms with Crippen LogP contribution in [0.2, 0.25) is 0 Å². The Balaban J connectivity index is 1.54. The Morgan fingerprint density at radius 2 is 1.18 bits per heavy atom.